The molecule has 0 aromatic carbocycles. The summed E-state index contributed by atoms with van der Waals surface area (Å²) in [4.78, 5) is 8.30. The molecule has 3 nitrogen and oxygen atoms in total. The zero-order valence-electron chi connectivity index (χ0n) is 4.34. The highest BCUT2D eigenvalue weighted by Gasteiger charge is 2.01. The summed E-state index contributed by atoms with van der Waals surface area (Å²) in [6.07, 6.45) is 0. The Morgan fingerprint density at radius 2 is 1.86 bits per heavy atom. The maximum absolute atomic E-state index is 8.30. The van der Waals surface area contributed by atoms with E-state index in [2.05, 4.69) is 9.47 Å². The van der Waals surface area contributed by atoms with Crippen molar-refractivity contribution in [3.8, 4) is 0 Å². The molecule has 2 radical (unpaired) electrons. The molecule has 0 aliphatic heterocycles. The first-order valence-corrected chi connectivity index (χ1v) is 2.82. The molecule has 0 heterocycles. The van der Waals surface area contributed by atoms with Crippen molar-refractivity contribution < 1.29 is 14.3 Å². The molecule has 0 bridgehead atoms. The second-order valence-electron chi connectivity index (χ2n) is 0.932. The maximum atomic E-state index is 8.30. The molecule has 0 aliphatic carbocycles. The van der Waals surface area contributed by atoms with Gasteiger partial charge in [0.1, 0.15) is 0 Å². The van der Waals surface area contributed by atoms with E-state index in [1.165, 1.54) is 14.2 Å². The molecule has 0 fully saturated rings. The molecule has 4 heteroatoms. The summed E-state index contributed by atoms with van der Waals surface area (Å²) in [7, 11) is 2.67. The Labute approximate surface area is 45.2 Å². The first-order chi connectivity index (χ1) is 3.35. The zero-order chi connectivity index (χ0) is 5.70. The van der Waals surface area contributed by atoms with Crippen LogP contribution < -0.4 is 0 Å². The molecular formula is C3H8O3Si. The van der Waals surface area contributed by atoms with Gasteiger partial charge >= 0.3 is 0 Å². The van der Waals surface area contributed by atoms with Gasteiger partial charge in [0.25, 0.3) is 9.76 Å². The molecule has 0 unspecified atom stereocenters. The predicted molar refractivity (Wildman–Crippen MR) is 25.8 cm³/mol. The number of methoxy groups -OCH3 is 2. The van der Waals surface area contributed by atoms with E-state index in [1.807, 2.05) is 0 Å². The lowest BCUT2D eigenvalue weighted by Gasteiger charge is -2.05. The Bertz CT molecular complexity index is 31.7. The van der Waals surface area contributed by atoms with E-state index in [0.717, 1.165) is 0 Å². The molecule has 7 heavy (non-hydrogen) atoms. The van der Waals surface area contributed by atoms with Crippen LogP contribution in [0.4, 0.5) is 0 Å². The highest BCUT2D eigenvalue weighted by atomic mass is 28.2. The van der Waals surface area contributed by atoms with Crippen LogP contribution in [0.3, 0.4) is 0 Å². The second kappa shape index (κ2) is 4.26. The average molecular weight is 120 g/mol. The third-order valence-corrected chi connectivity index (χ3v) is 1.22. The van der Waals surface area contributed by atoms with E-state index in [1.54, 1.807) is 0 Å². The van der Waals surface area contributed by atoms with Gasteiger partial charge < -0.3 is 14.3 Å². The molecule has 0 rings (SSSR count). The normalized spacial score (nSPS) is 10.3. The summed E-state index contributed by atoms with van der Waals surface area (Å²) in [6.45, 7) is 0. The van der Waals surface area contributed by atoms with Crippen LogP contribution in [0.5, 0.6) is 0 Å². The standard InChI is InChI=1S/C3H8O3Si/c1-5-3(6-2)7-4/h3-4H,1-2H3. The second-order valence-corrected chi connectivity index (χ2v) is 1.66. The fourth-order valence-corrected chi connectivity index (χ4v) is 0.412. The average Bonchev–Trinajstić information content (AvgIpc) is 1.72. The summed E-state index contributed by atoms with van der Waals surface area (Å²) in [6, 6.07) is 0. The fourth-order valence-electron chi connectivity index (χ4n) is 0.202. The van der Waals surface area contributed by atoms with E-state index < -0.39 is 5.91 Å². The number of hydrogen-bond donors (Lipinski definition) is 1. The van der Waals surface area contributed by atoms with Gasteiger partial charge in [-0.3, -0.25) is 0 Å². The SMILES string of the molecule is COC(OC)[Si]O. The highest BCUT2D eigenvalue weighted by molar-refractivity contribution is 6.26. The first kappa shape index (κ1) is 7.10. The van der Waals surface area contributed by atoms with Crippen LogP contribution in [0.25, 0.3) is 0 Å². The summed E-state index contributed by atoms with van der Waals surface area (Å²) in [5, 5.41) is 0. The van der Waals surface area contributed by atoms with Crippen molar-refractivity contribution >= 4 is 9.76 Å². The third-order valence-electron chi connectivity index (χ3n) is 0.534. The van der Waals surface area contributed by atoms with Gasteiger partial charge in [0.2, 0.25) is 0 Å². The Balaban J connectivity index is 2.99. The van der Waals surface area contributed by atoms with E-state index in [0.29, 0.717) is 0 Å². The quantitative estimate of drug-likeness (QED) is 0.390. The van der Waals surface area contributed by atoms with Gasteiger partial charge in [-0.05, 0) is 0 Å². The topological polar surface area (TPSA) is 38.7 Å². The van der Waals surface area contributed by atoms with Crippen molar-refractivity contribution in [1.29, 1.82) is 0 Å². The van der Waals surface area contributed by atoms with Crippen molar-refractivity contribution in [2.24, 2.45) is 0 Å². The zero-order valence-corrected chi connectivity index (χ0v) is 5.34. The molecule has 0 aliphatic rings. The Hall–Kier alpha value is 0.0969. The van der Waals surface area contributed by atoms with Gasteiger partial charge in [0.05, 0.1) is 0 Å². The largest absolute Gasteiger partial charge is 0.428 e. The number of hydrogen-bond acceptors (Lipinski definition) is 3. The summed E-state index contributed by atoms with van der Waals surface area (Å²) in [5.74, 6) is -0.431. The minimum atomic E-state index is -0.431. The van der Waals surface area contributed by atoms with E-state index in [-0.39, 0.29) is 9.76 Å². The van der Waals surface area contributed by atoms with Crippen molar-refractivity contribution in [2.75, 3.05) is 14.2 Å². The van der Waals surface area contributed by atoms with E-state index in [9.17, 15) is 0 Å². The van der Waals surface area contributed by atoms with Crippen molar-refractivity contribution in [3.05, 3.63) is 0 Å². The molecule has 0 aromatic rings. The molecule has 0 saturated carbocycles. The summed E-state index contributed by atoms with van der Waals surface area (Å²) >= 11 is 0. The smallest absolute Gasteiger partial charge is 0.295 e. The van der Waals surface area contributed by atoms with E-state index in [4.69, 9.17) is 4.80 Å². The highest BCUT2D eigenvalue weighted by Crippen LogP contribution is 1.82. The maximum Gasteiger partial charge on any atom is 0.295 e. The van der Waals surface area contributed by atoms with Crippen LogP contribution in [0.1, 0.15) is 0 Å². The van der Waals surface area contributed by atoms with Crippen LogP contribution in [0, 0.1) is 0 Å². The minimum Gasteiger partial charge on any atom is -0.428 e. The predicted octanol–water partition coefficient (Wildman–Crippen LogP) is -0.826. The Morgan fingerprint density at radius 3 is 1.86 bits per heavy atom. The lowest BCUT2D eigenvalue weighted by atomic mass is 11.3. The first-order valence-electron chi connectivity index (χ1n) is 1.80. The van der Waals surface area contributed by atoms with E-state index >= 15 is 0 Å². The van der Waals surface area contributed by atoms with Crippen molar-refractivity contribution in [3.63, 3.8) is 0 Å². The number of rotatable bonds is 3. The Morgan fingerprint density at radius 1 is 1.43 bits per heavy atom. The fraction of sp³-hybridized carbons (Fsp3) is 1.00. The monoisotopic (exact) mass is 120 g/mol. The summed E-state index contributed by atoms with van der Waals surface area (Å²) < 4.78 is 9.18. The molecule has 0 spiro atoms. The van der Waals surface area contributed by atoms with Gasteiger partial charge in [0.15, 0.2) is 5.91 Å². The molecular weight excluding hydrogens is 112 g/mol. The van der Waals surface area contributed by atoms with Gasteiger partial charge in [-0.2, -0.15) is 0 Å². The van der Waals surface area contributed by atoms with Crippen LogP contribution in [0.2, 0.25) is 0 Å². The van der Waals surface area contributed by atoms with Gasteiger partial charge in [-0.15, -0.1) is 0 Å². The van der Waals surface area contributed by atoms with Gasteiger partial charge in [-0.25, -0.2) is 0 Å². The molecule has 0 aromatic heterocycles. The molecule has 0 amide bonds. The van der Waals surface area contributed by atoms with Crippen molar-refractivity contribution in [2.45, 2.75) is 5.91 Å². The molecule has 0 atom stereocenters. The van der Waals surface area contributed by atoms with Crippen LogP contribution in [-0.4, -0.2) is 34.7 Å². The lowest BCUT2D eigenvalue weighted by Crippen LogP contribution is -2.20. The van der Waals surface area contributed by atoms with Gasteiger partial charge in [0, 0.05) is 14.2 Å². The molecule has 1 N–H and O–H groups in total. The van der Waals surface area contributed by atoms with Gasteiger partial charge in [-0.1, -0.05) is 0 Å². The third kappa shape index (κ3) is 2.75. The van der Waals surface area contributed by atoms with Crippen molar-refractivity contribution in [1.82, 2.24) is 0 Å². The van der Waals surface area contributed by atoms with Crippen LogP contribution in [0.15, 0.2) is 0 Å². The molecule has 0 saturated heterocycles. The molecule has 42 valence electrons. The summed E-state index contributed by atoms with van der Waals surface area (Å²) in [5.41, 5.74) is 0. The van der Waals surface area contributed by atoms with Crippen LogP contribution in [-0.2, 0) is 9.47 Å². The minimum absolute atomic E-state index is 0.296. The van der Waals surface area contributed by atoms with Crippen LogP contribution >= 0.6 is 0 Å². The number of ether oxygens (including phenoxy) is 2. The Kier molecular flexibility index (Phi) is 4.32. The lowest BCUT2D eigenvalue weighted by molar-refractivity contribution is -0.0500.